The van der Waals surface area contributed by atoms with Crippen molar-refractivity contribution in [2.24, 2.45) is 10.3 Å². The van der Waals surface area contributed by atoms with E-state index in [4.69, 9.17) is 14.1 Å². The van der Waals surface area contributed by atoms with E-state index in [2.05, 4.69) is 10.3 Å². The predicted octanol–water partition coefficient (Wildman–Crippen LogP) is 4.90. The van der Waals surface area contributed by atoms with Gasteiger partial charge in [0.05, 0.1) is 11.4 Å². The monoisotopic (exact) mass is 372 g/mol. The van der Waals surface area contributed by atoms with E-state index in [1.54, 1.807) is 0 Å². The van der Waals surface area contributed by atoms with Crippen molar-refractivity contribution in [3.05, 3.63) is 0 Å². The molecule has 6 nitrogen and oxygen atoms in total. The van der Waals surface area contributed by atoms with E-state index < -0.39 is 13.9 Å². The zero-order valence-corrected chi connectivity index (χ0v) is 18.6. The Morgan fingerprint density at radius 3 is 1.80 bits per heavy atom. The van der Waals surface area contributed by atoms with Crippen LogP contribution < -0.4 is 0 Å². The van der Waals surface area contributed by atoms with Gasteiger partial charge in [0.2, 0.25) is 8.32 Å². The largest absolute Gasteiger partial charge is 0.520 e. The molecule has 0 bridgehead atoms. The highest BCUT2D eigenvalue weighted by molar-refractivity contribution is 6.71. The molecule has 0 aromatic carbocycles. The number of carbonyl (C=O) groups is 1. The lowest BCUT2D eigenvalue weighted by Crippen LogP contribution is -2.29. The van der Waals surface area contributed by atoms with Crippen molar-refractivity contribution in [1.82, 2.24) is 0 Å². The zero-order valence-electron chi connectivity index (χ0n) is 17.6. The molecule has 0 aromatic rings. The minimum absolute atomic E-state index is 0.192. The molecule has 0 spiro atoms. The van der Waals surface area contributed by atoms with Gasteiger partial charge in [0.15, 0.2) is 0 Å². The number of hydrogen-bond acceptors (Lipinski definition) is 6. The van der Waals surface area contributed by atoms with Crippen LogP contribution in [0, 0.1) is 0 Å². The van der Waals surface area contributed by atoms with Gasteiger partial charge < -0.3 is 14.1 Å². The van der Waals surface area contributed by atoms with E-state index in [0.29, 0.717) is 12.8 Å². The minimum Gasteiger partial charge on any atom is -0.520 e. The number of oxime groups is 2. The molecule has 0 rings (SSSR count). The van der Waals surface area contributed by atoms with Crippen molar-refractivity contribution in [3.8, 4) is 0 Å². The van der Waals surface area contributed by atoms with E-state index in [9.17, 15) is 4.79 Å². The highest BCUT2D eigenvalue weighted by Crippen LogP contribution is 2.13. The van der Waals surface area contributed by atoms with Crippen LogP contribution in [0.3, 0.4) is 0 Å². The molecule has 0 fully saturated rings. The molecule has 0 aliphatic carbocycles. The Kier molecular flexibility index (Phi) is 8.85. The third kappa shape index (κ3) is 15.9. The third-order valence-corrected chi connectivity index (χ3v) is 3.26. The van der Waals surface area contributed by atoms with Gasteiger partial charge in [-0.2, -0.15) is 0 Å². The molecule has 0 saturated carbocycles. The van der Waals surface area contributed by atoms with Crippen LogP contribution in [0.5, 0.6) is 0 Å². The summed E-state index contributed by atoms with van der Waals surface area (Å²) in [4.78, 5) is 22.9. The summed E-state index contributed by atoms with van der Waals surface area (Å²) in [6.45, 7) is 19.4. The van der Waals surface area contributed by atoms with E-state index in [1.165, 1.54) is 0 Å². The molecule has 0 aliphatic rings. The Morgan fingerprint density at radius 2 is 1.36 bits per heavy atom. The van der Waals surface area contributed by atoms with Crippen LogP contribution in [0.2, 0.25) is 19.6 Å². The average Bonchev–Trinajstić information content (AvgIpc) is 2.35. The van der Waals surface area contributed by atoms with E-state index in [-0.39, 0.29) is 18.0 Å². The Labute approximate surface area is 154 Å². The lowest BCUT2D eigenvalue weighted by atomic mass is 10.1. The normalized spacial score (nSPS) is 14.3. The highest BCUT2D eigenvalue weighted by atomic mass is 28.4. The quantitative estimate of drug-likeness (QED) is 0.345. The maximum atomic E-state index is 12.0. The summed E-state index contributed by atoms with van der Waals surface area (Å²) in [7, 11) is -1.87. The van der Waals surface area contributed by atoms with Crippen LogP contribution in [-0.4, -0.2) is 36.9 Å². The standard InChI is InChI=1S/C18H36N2O4Si/c1-14(19-23-17(2,3)4)13-15(20-24-18(5,6)7)11-12-16(21)22-25(8,9)10/h11-13H2,1-10H3/b19-14+,20-15-. The predicted molar refractivity (Wildman–Crippen MR) is 106 cm³/mol. The molecule has 146 valence electrons. The molecule has 7 heteroatoms. The molecule has 0 aliphatic heterocycles. The van der Waals surface area contributed by atoms with Crippen LogP contribution in [0.4, 0.5) is 0 Å². The summed E-state index contributed by atoms with van der Waals surface area (Å²) < 4.78 is 5.48. The smallest absolute Gasteiger partial charge is 0.292 e. The Hall–Kier alpha value is -1.37. The van der Waals surface area contributed by atoms with E-state index >= 15 is 0 Å². The van der Waals surface area contributed by atoms with Crippen LogP contribution in [0.25, 0.3) is 0 Å². The molecular formula is C18H36N2O4Si. The summed E-state index contributed by atoms with van der Waals surface area (Å²) in [5.74, 6) is -0.192. The summed E-state index contributed by atoms with van der Waals surface area (Å²) in [5.41, 5.74) is 0.796. The number of rotatable bonds is 8. The van der Waals surface area contributed by atoms with Gasteiger partial charge in [-0.1, -0.05) is 10.3 Å². The van der Waals surface area contributed by atoms with Crippen LogP contribution in [0.15, 0.2) is 10.3 Å². The van der Waals surface area contributed by atoms with Crippen molar-refractivity contribution >= 4 is 25.7 Å². The molecular weight excluding hydrogens is 336 g/mol. The number of nitrogens with zero attached hydrogens (tertiary/aromatic N) is 2. The summed E-state index contributed by atoms with van der Waals surface area (Å²) in [5, 5.41) is 8.37. The third-order valence-electron chi connectivity index (χ3n) is 2.42. The Bertz CT molecular complexity index is 495. The second-order valence-corrected chi connectivity index (χ2v) is 13.6. The van der Waals surface area contributed by atoms with Crippen LogP contribution in [0.1, 0.15) is 67.7 Å². The average molecular weight is 373 g/mol. The summed E-state index contributed by atoms with van der Waals surface area (Å²) >= 11 is 0. The van der Waals surface area contributed by atoms with Crippen molar-refractivity contribution in [3.63, 3.8) is 0 Å². The lowest BCUT2D eigenvalue weighted by molar-refractivity contribution is -0.134. The van der Waals surface area contributed by atoms with Gasteiger partial charge >= 0.3 is 0 Å². The van der Waals surface area contributed by atoms with Gasteiger partial charge in [-0.15, -0.1) is 0 Å². The van der Waals surface area contributed by atoms with Crippen molar-refractivity contribution < 1.29 is 18.9 Å². The first-order valence-electron chi connectivity index (χ1n) is 8.75. The molecule has 0 atom stereocenters. The fraction of sp³-hybridized carbons (Fsp3) is 0.833. The fourth-order valence-corrected chi connectivity index (χ4v) is 2.33. The SMILES string of the molecule is C/C(C/C(CCC(=O)O[Si](C)(C)C)=N\OC(C)(C)C)=N\OC(C)(C)C. The van der Waals surface area contributed by atoms with Gasteiger partial charge in [-0.25, -0.2) is 0 Å². The summed E-state index contributed by atoms with van der Waals surface area (Å²) in [6, 6.07) is 0. The van der Waals surface area contributed by atoms with Gasteiger partial charge in [0.25, 0.3) is 5.97 Å². The fourth-order valence-electron chi connectivity index (χ4n) is 1.55. The van der Waals surface area contributed by atoms with E-state index in [0.717, 1.165) is 11.4 Å². The number of hydrogen-bond donors (Lipinski definition) is 0. The van der Waals surface area contributed by atoms with Crippen LogP contribution >= 0.6 is 0 Å². The topological polar surface area (TPSA) is 69.5 Å². The second kappa shape index (κ2) is 9.36. The van der Waals surface area contributed by atoms with Crippen molar-refractivity contribution in [1.29, 1.82) is 0 Å². The molecule has 25 heavy (non-hydrogen) atoms. The first-order chi connectivity index (χ1) is 11.1. The van der Waals surface area contributed by atoms with E-state index in [1.807, 2.05) is 68.1 Å². The van der Waals surface area contributed by atoms with Gasteiger partial charge in [-0.3, -0.25) is 4.79 Å². The Balaban J connectivity index is 4.91. The molecule has 0 radical (unpaired) electrons. The zero-order chi connectivity index (χ0) is 19.9. The lowest BCUT2D eigenvalue weighted by Gasteiger charge is -2.19. The second-order valence-electron chi connectivity index (χ2n) is 9.15. The first kappa shape index (κ1) is 23.6. The highest BCUT2D eigenvalue weighted by Gasteiger charge is 2.20. The molecule has 0 heterocycles. The van der Waals surface area contributed by atoms with Crippen molar-refractivity contribution in [2.75, 3.05) is 0 Å². The van der Waals surface area contributed by atoms with Crippen molar-refractivity contribution in [2.45, 2.75) is 98.6 Å². The Morgan fingerprint density at radius 1 is 0.880 bits per heavy atom. The molecule has 0 aromatic heterocycles. The number of carbonyl (C=O) groups excluding carboxylic acids is 1. The molecule has 0 unspecified atom stereocenters. The van der Waals surface area contributed by atoms with Crippen LogP contribution in [-0.2, 0) is 18.9 Å². The molecule has 0 amide bonds. The van der Waals surface area contributed by atoms with Gasteiger partial charge in [0.1, 0.15) is 11.2 Å². The first-order valence-corrected chi connectivity index (χ1v) is 12.2. The van der Waals surface area contributed by atoms with Gasteiger partial charge in [0, 0.05) is 12.8 Å². The minimum atomic E-state index is -1.87. The maximum absolute atomic E-state index is 12.0. The molecule has 0 saturated heterocycles. The maximum Gasteiger partial charge on any atom is 0.292 e. The van der Waals surface area contributed by atoms with Gasteiger partial charge in [-0.05, 0) is 74.5 Å². The summed E-state index contributed by atoms with van der Waals surface area (Å²) in [6.07, 6.45) is 1.25. The molecule has 0 N–H and O–H groups in total.